The van der Waals surface area contributed by atoms with Gasteiger partial charge in [-0.3, -0.25) is 14.2 Å². The van der Waals surface area contributed by atoms with Gasteiger partial charge in [0, 0.05) is 38.0 Å². The van der Waals surface area contributed by atoms with Gasteiger partial charge in [0.25, 0.3) is 5.91 Å². The highest BCUT2D eigenvalue weighted by Crippen LogP contribution is 2.42. The molecule has 1 unspecified atom stereocenters. The molecule has 10 heteroatoms. The number of halogens is 2. The van der Waals surface area contributed by atoms with Crippen LogP contribution in [0.25, 0.3) is 33.3 Å². The highest BCUT2D eigenvalue weighted by molar-refractivity contribution is 6.03. The molecule has 2 aromatic carbocycles. The maximum Gasteiger partial charge on any atom is 0.387 e. The van der Waals surface area contributed by atoms with Crippen molar-refractivity contribution in [2.24, 2.45) is 14.1 Å². The zero-order chi connectivity index (χ0) is 24.1. The molecule has 1 aliphatic heterocycles. The number of hydrogen-bond acceptors (Lipinski definition) is 5. The maximum atomic E-state index is 13.2. The molecule has 176 valence electrons. The minimum atomic E-state index is -3.07. The fourth-order valence-corrected chi connectivity index (χ4v) is 4.56. The maximum absolute atomic E-state index is 13.2. The van der Waals surface area contributed by atoms with Gasteiger partial charge in [0.2, 0.25) is 0 Å². The van der Waals surface area contributed by atoms with Crippen LogP contribution < -0.4 is 14.8 Å². The Hall–Kier alpha value is -3.95. The van der Waals surface area contributed by atoms with E-state index in [1.807, 2.05) is 38.4 Å². The lowest BCUT2D eigenvalue weighted by Crippen LogP contribution is -2.34. The summed E-state index contributed by atoms with van der Waals surface area (Å²) in [5.74, 6) is -0.0822. The van der Waals surface area contributed by atoms with Gasteiger partial charge >= 0.3 is 6.61 Å². The third-order valence-electron chi connectivity index (χ3n) is 6.11. The van der Waals surface area contributed by atoms with Crippen molar-refractivity contribution in [2.75, 3.05) is 13.7 Å². The lowest BCUT2D eigenvalue weighted by molar-refractivity contribution is -0.0502. The van der Waals surface area contributed by atoms with Crippen molar-refractivity contribution < 1.29 is 23.0 Å². The minimum absolute atomic E-state index is 0.0776. The molecule has 8 nitrogen and oxygen atoms in total. The van der Waals surface area contributed by atoms with Crippen molar-refractivity contribution in [1.82, 2.24) is 24.9 Å². The molecule has 1 aliphatic rings. The zero-order valence-electron chi connectivity index (χ0n) is 19.1. The highest BCUT2D eigenvalue weighted by Gasteiger charge is 2.30. The normalized spacial score (nSPS) is 15.5. The summed E-state index contributed by atoms with van der Waals surface area (Å²) in [6.07, 6.45) is 3.66. The van der Waals surface area contributed by atoms with Crippen LogP contribution in [-0.4, -0.2) is 45.7 Å². The minimum Gasteiger partial charge on any atom is -0.496 e. The average Bonchev–Trinajstić information content (AvgIpc) is 3.37. The molecule has 0 bridgehead atoms. The summed E-state index contributed by atoms with van der Waals surface area (Å²) in [4.78, 5) is 12.5. The molecular formula is C24H23F2N5O3. The molecule has 5 rings (SSSR count). The van der Waals surface area contributed by atoms with E-state index in [9.17, 15) is 13.6 Å². The average molecular weight is 467 g/mol. The Labute approximate surface area is 194 Å². The molecule has 0 saturated heterocycles. The molecule has 0 spiro atoms. The number of aryl methyl sites for hydroxylation is 2. The number of nitrogens with zero attached hydrogens (tertiary/aromatic N) is 4. The van der Waals surface area contributed by atoms with E-state index in [2.05, 4.69) is 15.5 Å². The van der Waals surface area contributed by atoms with Crippen molar-refractivity contribution in [3.05, 3.63) is 47.8 Å². The number of fused-ring (bicyclic) bond motifs is 2. The zero-order valence-corrected chi connectivity index (χ0v) is 19.1. The van der Waals surface area contributed by atoms with Crippen molar-refractivity contribution in [1.29, 1.82) is 0 Å². The molecular weight excluding hydrogens is 444 g/mol. The van der Waals surface area contributed by atoms with E-state index >= 15 is 0 Å². The SMILES string of the molecule is COc1cc(-c2cnn(C)c2)cc2nn(C)c(-c3cc(OC(F)F)c4c(c3)C(C)CNC4=O)c12. The third kappa shape index (κ3) is 3.55. The first-order valence-corrected chi connectivity index (χ1v) is 10.7. The van der Waals surface area contributed by atoms with Crippen LogP contribution in [0.1, 0.15) is 28.8 Å². The van der Waals surface area contributed by atoms with Gasteiger partial charge in [-0.05, 0) is 41.3 Å². The van der Waals surface area contributed by atoms with Gasteiger partial charge in [0.1, 0.15) is 11.5 Å². The Kier molecular flexibility index (Phi) is 5.22. The lowest BCUT2D eigenvalue weighted by atomic mass is 9.88. The molecule has 0 radical (unpaired) electrons. The fraction of sp³-hybridized carbons (Fsp3) is 0.292. The van der Waals surface area contributed by atoms with Gasteiger partial charge < -0.3 is 14.8 Å². The summed E-state index contributed by atoms with van der Waals surface area (Å²) in [6.45, 7) is -0.729. The molecule has 3 heterocycles. The second kappa shape index (κ2) is 8.12. The third-order valence-corrected chi connectivity index (χ3v) is 6.11. The molecule has 0 aliphatic carbocycles. The first-order valence-electron chi connectivity index (χ1n) is 10.7. The first kappa shape index (κ1) is 21.9. The first-order chi connectivity index (χ1) is 16.3. The van der Waals surface area contributed by atoms with Gasteiger partial charge in [-0.15, -0.1) is 0 Å². The smallest absolute Gasteiger partial charge is 0.387 e. The van der Waals surface area contributed by atoms with E-state index in [1.54, 1.807) is 29.7 Å². The van der Waals surface area contributed by atoms with Gasteiger partial charge in [0.15, 0.2) is 0 Å². The van der Waals surface area contributed by atoms with Crippen LogP contribution in [0.4, 0.5) is 8.78 Å². The molecule has 1 N–H and O–H groups in total. The van der Waals surface area contributed by atoms with Crippen molar-refractivity contribution in [3.63, 3.8) is 0 Å². The van der Waals surface area contributed by atoms with Gasteiger partial charge in [-0.1, -0.05) is 6.92 Å². The molecule has 0 fully saturated rings. The molecule has 1 atom stereocenters. The Morgan fingerprint density at radius 2 is 1.88 bits per heavy atom. The van der Waals surface area contributed by atoms with E-state index in [-0.39, 0.29) is 17.2 Å². The molecule has 4 aromatic rings. The summed E-state index contributed by atoms with van der Waals surface area (Å²) in [7, 11) is 5.19. The number of methoxy groups -OCH3 is 1. The van der Waals surface area contributed by atoms with Crippen LogP contribution in [0, 0.1) is 0 Å². The van der Waals surface area contributed by atoms with Gasteiger partial charge in [0.05, 0.1) is 35.5 Å². The lowest BCUT2D eigenvalue weighted by Gasteiger charge is -2.25. The highest BCUT2D eigenvalue weighted by atomic mass is 19.3. The Bertz CT molecular complexity index is 1430. The molecule has 1 amide bonds. The Morgan fingerprint density at radius 3 is 2.56 bits per heavy atom. The van der Waals surface area contributed by atoms with E-state index in [4.69, 9.17) is 9.47 Å². The van der Waals surface area contributed by atoms with Crippen LogP contribution in [-0.2, 0) is 14.1 Å². The fourth-order valence-electron chi connectivity index (χ4n) is 4.56. The summed E-state index contributed by atoms with van der Waals surface area (Å²) >= 11 is 0. The standard InChI is InChI=1S/C24H23F2N5O3/c1-12-9-27-23(32)20-16(12)5-14(8-19(20)34-24(25)26)22-21-17(29-31(22)3)6-13(7-18(21)33-4)15-10-28-30(2)11-15/h5-8,10-12,24H,9H2,1-4H3,(H,27,32). The van der Waals surface area contributed by atoms with Crippen LogP contribution in [0.15, 0.2) is 36.7 Å². The Balaban J connectivity index is 1.75. The van der Waals surface area contributed by atoms with Crippen LogP contribution in [0.3, 0.4) is 0 Å². The van der Waals surface area contributed by atoms with Crippen LogP contribution >= 0.6 is 0 Å². The number of carbonyl (C=O) groups is 1. The molecule has 2 aromatic heterocycles. The monoisotopic (exact) mass is 467 g/mol. The largest absolute Gasteiger partial charge is 0.496 e. The van der Waals surface area contributed by atoms with Crippen molar-refractivity contribution in [2.45, 2.75) is 19.5 Å². The predicted molar refractivity (Wildman–Crippen MR) is 122 cm³/mol. The summed E-state index contributed by atoms with van der Waals surface area (Å²) in [5, 5.41) is 12.4. The van der Waals surface area contributed by atoms with E-state index in [1.165, 1.54) is 6.07 Å². The van der Waals surface area contributed by atoms with Gasteiger partial charge in [-0.25, -0.2) is 0 Å². The van der Waals surface area contributed by atoms with E-state index in [0.29, 0.717) is 34.6 Å². The number of rotatable bonds is 5. The quantitative estimate of drug-likeness (QED) is 0.478. The number of benzene rings is 2. The topological polar surface area (TPSA) is 83.2 Å². The van der Waals surface area contributed by atoms with Crippen LogP contribution in [0.2, 0.25) is 0 Å². The molecule has 0 saturated carbocycles. The van der Waals surface area contributed by atoms with E-state index in [0.717, 1.165) is 16.5 Å². The second-order valence-electron chi connectivity index (χ2n) is 8.38. The number of nitrogens with one attached hydrogen (secondary N) is 1. The number of carbonyl (C=O) groups excluding carboxylic acids is 1. The summed E-state index contributed by atoms with van der Waals surface area (Å²) in [6, 6.07) is 7.15. The van der Waals surface area contributed by atoms with Crippen LogP contribution in [0.5, 0.6) is 11.5 Å². The van der Waals surface area contributed by atoms with E-state index < -0.39 is 12.5 Å². The number of ether oxygens (including phenoxy) is 2. The predicted octanol–water partition coefficient (Wildman–Crippen LogP) is 4.10. The van der Waals surface area contributed by atoms with Crippen molar-refractivity contribution >= 4 is 16.8 Å². The number of amides is 1. The van der Waals surface area contributed by atoms with Gasteiger partial charge in [-0.2, -0.15) is 19.0 Å². The van der Waals surface area contributed by atoms with Crippen molar-refractivity contribution in [3.8, 4) is 33.9 Å². The second-order valence-corrected chi connectivity index (χ2v) is 8.38. The number of hydrogen-bond donors (Lipinski definition) is 1. The number of alkyl halides is 2. The molecule has 34 heavy (non-hydrogen) atoms. The summed E-state index contributed by atoms with van der Waals surface area (Å²) in [5.41, 5.74) is 4.54. The number of aromatic nitrogens is 4. The summed E-state index contributed by atoms with van der Waals surface area (Å²) < 4.78 is 40.4. The Morgan fingerprint density at radius 1 is 1.12 bits per heavy atom.